The maximum Gasteiger partial charge on any atom is 0.299 e. The number of nitrogens with one attached hydrogen (secondary N) is 1. The second-order valence-corrected chi connectivity index (χ2v) is 5.46. The van der Waals surface area contributed by atoms with Crippen LogP contribution in [0.15, 0.2) is 53.3 Å². The van der Waals surface area contributed by atoms with Crippen LogP contribution >= 0.6 is 23.8 Å². The van der Waals surface area contributed by atoms with Gasteiger partial charge in [-0.1, -0.05) is 48.0 Å². The first kappa shape index (κ1) is 14.5. The number of hydrogen-bond donors (Lipinski definition) is 2. The maximum absolute atomic E-state index is 12.1. The first-order valence-corrected chi connectivity index (χ1v) is 7.18. The number of benzene rings is 2. The van der Waals surface area contributed by atoms with Crippen molar-refractivity contribution in [3.63, 3.8) is 0 Å². The molecule has 0 saturated carbocycles. The Labute approximate surface area is 136 Å². The lowest BCUT2D eigenvalue weighted by Crippen LogP contribution is -2.30. The molecule has 5 nitrogen and oxygen atoms in total. The normalized spacial score (nSPS) is 10.6. The largest absolute Gasteiger partial charge is 0.334 e. The minimum Gasteiger partial charge on any atom is -0.334 e. The van der Waals surface area contributed by atoms with E-state index in [9.17, 15) is 4.79 Å². The molecule has 0 atom stereocenters. The second kappa shape index (κ2) is 5.75. The Morgan fingerprint density at radius 2 is 1.50 bits per heavy atom. The Morgan fingerprint density at radius 3 is 2.09 bits per heavy atom. The van der Waals surface area contributed by atoms with Crippen molar-refractivity contribution in [2.24, 2.45) is 0 Å². The van der Waals surface area contributed by atoms with Gasteiger partial charge in [0.25, 0.3) is 5.56 Å². The third kappa shape index (κ3) is 2.66. The summed E-state index contributed by atoms with van der Waals surface area (Å²) >= 11 is 10.7. The summed E-state index contributed by atoms with van der Waals surface area (Å²) in [6, 6.07) is 15.0. The number of nitrogens with two attached hydrogens (primary N) is 1. The van der Waals surface area contributed by atoms with Gasteiger partial charge >= 0.3 is 0 Å². The van der Waals surface area contributed by atoms with Gasteiger partial charge in [0.1, 0.15) is 0 Å². The number of rotatable bonds is 2. The van der Waals surface area contributed by atoms with Crippen LogP contribution in [-0.2, 0) is 0 Å². The van der Waals surface area contributed by atoms with E-state index >= 15 is 0 Å². The molecule has 110 valence electrons. The molecule has 0 aliphatic rings. The standard InChI is InChI=1S/C15H11ClN4OS/c16-12-7-5-10(6-8-12)9-1-3-11(4-2-9)13-14(21)20(17)15(22)19-18-13/h1-8H,17H2,(H,19,22). The minimum absolute atomic E-state index is 0.0755. The number of nitrogen functional groups attached to an aromatic ring is 1. The van der Waals surface area contributed by atoms with Crippen LogP contribution < -0.4 is 11.4 Å². The van der Waals surface area contributed by atoms with E-state index in [1.54, 1.807) is 0 Å². The molecule has 3 N–H and O–H groups in total. The molecule has 1 heterocycles. The summed E-state index contributed by atoms with van der Waals surface area (Å²) in [6.45, 7) is 0. The summed E-state index contributed by atoms with van der Waals surface area (Å²) in [4.78, 5) is 12.1. The first-order valence-electron chi connectivity index (χ1n) is 6.39. The average Bonchev–Trinajstić information content (AvgIpc) is 2.54. The van der Waals surface area contributed by atoms with Gasteiger partial charge in [0.2, 0.25) is 4.77 Å². The number of nitrogens with zero attached hydrogens (tertiary/aromatic N) is 2. The van der Waals surface area contributed by atoms with Gasteiger partial charge < -0.3 is 5.84 Å². The lowest BCUT2D eigenvalue weighted by Gasteiger charge is -2.05. The highest BCUT2D eigenvalue weighted by Crippen LogP contribution is 2.23. The Morgan fingerprint density at radius 1 is 1.00 bits per heavy atom. The van der Waals surface area contributed by atoms with Gasteiger partial charge in [-0.2, -0.15) is 9.77 Å². The predicted octanol–water partition coefficient (Wildman–Crippen LogP) is 3.00. The molecule has 0 bridgehead atoms. The molecular weight excluding hydrogens is 320 g/mol. The minimum atomic E-state index is -0.442. The summed E-state index contributed by atoms with van der Waals surface area (Å²) in [6.07, 6.45) is 0. The van der Waals surface area contributed by atoms with E-state index in [0.717, 1.165) is 15.8 Å². The molecule has 22 heavy (non-hydrogen) atoms. The first-order chi connectivity index (χ1) is 10.6. The van der Waals surface area contributed by atoms with Crippen LogP contribution in [0.25, 0.3) is 22.4 Å². The van der Waals surface area contributed by atoms with Gasteiger partial charge in [-0.3, -0.25) is 9.89 Å². The van der Waals surface area contributed by atoms with Gasteiger partial charge in [-0.05, 0) is 35.5 Å². The fourth-order valence-electron chi connectivity index (χ4n) is 2.06. The summed E-state index contributed by atoms with van der Waals surface area (Å²) in [5, 5.41) is 7.20. The van der Waals surface area contributed by atoms with Crippen LogP contribution in [0.4, 0.5) is 0 Å². The van der Waals surface area contributed by atoms with E-state index in [0.29, 0.717) is 10.6 Å². The summed E-state index contributed by atoms with van der Waals surface area (Å²) in [5.41, 5.74) is 2.49. The molecule has 2 aromatic carbocycles. The third-order valence-electron chi connectivity index (χ3n) is 3.24. The van der Waals surface area contributed by atoms with Gasteiger partial charge in [0.05, 0.1) is 0 Å². The number of halogens is 1. The Bertz CT molecular complexity index is 929. The molecule has 0 saturated heterocycles. The van der Waals surface area contributed by atoms with Crippen LogP contribution in [0, 0.1) is 4.77 Å². The molecule has 3 rings (SSSR count). The zero-order valence-electron chi connectivity index (χ0n) is 11.3. The SMILES string of the molecule is Nn1c(=S)[nH]nc(-c2ccc(-c3ccc(Cl)cc3)cc2)c1=O. The van der Waals surface area contributed by atoms with E-state index in [2.05, 4.69) is 10.2 Å². The molecule has 3 aromatic rings. The van der Waals surface area contributed by atoms with Crippen molar-refractivity contribution >= 4 is 23.8 Å². The molecule has 0 fully saturated rings. The molecule has 0 aliphatic carbocycles. The highest BCUT2D eigenvalue weighted by atomic mass is 35.5. The van der Waals surface area contributed by atoms with E-state index in [-0.39, 0.29) is 10.5 Å². The van der Waals surface area contributed by atoms with Crippen LogP contribution in [0.1, 0.15) is 0 Å². The van der Waals surface area contributed by atoms with Crippen molar-refractivity contribution < 1.29 is 0 Å². The Balaban J connectivity index is 2.02. The van der Waals surface area contributed by atoms with E-state index in [1.165, 1.54) is 0 Å². The molecule has 0 aliphatic heterocycles. The zero-order valence-corrected chi connectivity index (χ0v) is 12.9. The van der Waals surface area contributed by atoms with Crippen LogP contribution in [0.3, 0.4) is 0 Å². The highest BCUT2D eigenvalue weighted by Gasteiger charge is 2.08. The summed E-state index contributed by atoms with van der Waals surface area (Å²) < 4.78 is 0.941. The quantitative estimate of drug-likeness (QED) is 0.559. The third-order valence-corrected chi connectivity index (χ3v) is 3.78. The van der Waals surface area contributed by atoms with Crippen molar-refractivity contribution in [3.05, 3.63) is 68.7 Å². The van der Waals surface area contributed by atoms with Crippen molar-refractivity contribution in [2.45, 2.75) is 0 Å². The lowest BCUT2D eigenvalue weighted by molar-refractivity contribution is 0.807. The maximum atomic E-state index is 12.1. The number of aromatic nitrogens is 3. The van der Waals surface area contributed by atoms with Crippen molar-refractivity contribution in [3.8, 4) is 22.4 Å². The molecule has 0 radical (unpaired) electrons. The summed E-state index contributed by atoms with van der Waals surface area (Å²) in [5.74, 6) is 5.57. The second-order valence-electron chi connectivity index (χ2n) is 4.64. The Kier molecular flexibility index (Phi) is 3.79. The molecule has 0 spiro atoms. The predicted molar refractivity (Wildman–Crippen MR) is 89.7 cm³/mol. The smallest absolute Gasteiger partial charge is 0.299 e. The Hall–Kier alpha value is -2.44. The molecule has 0 amide bonds. The van der Waals surface area contributed by atoms with Gasteiger partial charge in [-0.15, -0.1) is 0 Å². The van der Waals surface area contributed by atoms with Crippen molar-refractivity contribution in [2.75, 3.05) is 5.84 Å². The monoisotopic (exact) mass is 330 g/mol. The number of aromatic amines is 1. The molecule has 0 unspecified atom stereocenters. The topological polar surface area (TPSA) is 76.7 Å². The van der Waals surface area contributed by atoms with E-state index in [4.69, 9.17) is 29.7 Å². The number of H-pyrrole nitrogens is 1. The molecule has 1 aromatic heterocycles. The number of hydrogen-bond acceptors (Lipinski definition) is 4. The van der Waals surface area contributed by atoms with Gasteiger partial charge in [-0.25, -0.2) is 0 Å². The summed E-state index contributed by atoms with van der Waals surface area (Å²) in [7, 11) is 0. The van der Waals surface area contributed by atoms with Gasteiger partial charge in [0, 0.05) is 10.6 Å². The van der Waals surface area contributed by atoms with Crippen LogP contribution in [-0.4, -0.2) is 14.9 Å². The van der Waals surface area contributed by atoms with E-state index < -0.39 is 5.56 Å². The lowest BCUT2D eigenvalue weighted by atomic mass is 10.0. The zero-order chi connectivity index (χ0) is 15.7. The highest BCUT2D eigenvalue weighted by molar-refractivity contribution is 7.71. The van der Waals surface area contributed by atoms with Crippen LogP contribution in [0.2, 0.25) is 5.02 Å². The molecule has 7 heteroatoms. The van der Waals surface area contributed by atoms with E-state index in [1.807, 2.05) is 48.5 Å². The van der Waals surface area contributed by atoms with Crippen molar-refractivity contribution in [1.29, 1.82) is 0 Å². The van der Waals surface area contributed by atoms with Crippen molar-refractivity contribution in [1.82, 2.24) is 14.9 Å². The van der Waals surface area contributed by atoms with Gasteiger partial charge in [0.15, 0.2) is 5.69 Å². The average molecular weight is 331 g/mol. The molecular formula is C15H11ClN4OS. The fraction of sp³-hybridized carbons (Fsp3) is 0. The van der Waals surface area contributed by atoms with Crippen LogP contribution in [0.5, 0.6) is 0 Å². The fourth-order valence-corrected chi connectivity index (χ4v) is 2.32.